The first kappa shape index (κ1) is 24.0. The van der Waals surface area contributed by atoms with Gasteiger partial charge in [0.2, 0.25) is 0 Å². The summed E-state index contributed by atoms with van der Waals surface area (Å²) in [4.78, 5) is 0. The summed E-state index contributed by atoms with van der Waals surface area (Å²) in [6.07, 6.45) is 0. The summed E-state index contributed by atoms with van der Waals surface area (Å²) in [7, 11) is 0. The van der Waals surface area contributed by atoms with E-state index in [1.54, 1.807) is 0 Å². The molecule has 0 rings (SSSR count). The third-order valence-electron chi connectivity index (χ3n) is 0. The average molecular weight is 211 g/mol. The average Bonchev–Trinajstić information content (AvgIpc) is 1.50. The van der Waals surface area contributed by atoms with E-state index < -0.39 is 0 Å². The van der Waals surface area contributed by atoms with E-state index in [1.165, 1.54) is 0 Å². The van der Waals surface area contributed by atoms with Crippen molar-refractivity contribution in [2.75, 3.05) is 0 Å². The van der Waals surface area contributed by atoms with Gasteiger partial charge in [-0.05, 0) is 0 Å². The van der Waals surface area contributed by atoms with Crippen molar-refractivity contribution >= 4 is 61.5 Å². The van der Waals surface area contributed by atoms with Gasteiger partial charge in [-0.1, -0.05) is 0 Å². The molecule has 2 nitrogen and oxygen atoms in total. The summed E-state index contributed by atoms with van der Waals surface area (Å²) in [6.45, 7) is 0. The molecule has 0 aromatic heterocycles. The molecule has 0 heterocycles. The van der Waals surface area contributed by atoms with Gasteiger partial charge in [0, 0.05) is 17.1 Å². The van der Waals surface area contributed by atoms with Crippen LogP contribution < -0.4 is 0 Å². The Hall–Kier alpha value is 2.28. The van der Waals surface area contributed by atoms with E-state index in [0.717, 1.165) is 0 Å². The first-order valence-corrected chi connectivity index (χ1v) is 1.01. The molecule has 0 atom stereocenters. The molecule has 6 heavy (non-hydrogen) atoms. The Kier molecular flexibility index (Phi) is 221. The SMILES string of the molecule is OCl.OCl.[Ca+2].[Cu].[H-].[H-]. The Morgan fingerprint density at radius 3 is 1.00 bits per heavy atom. The van der Waals surface area contributed by atoms with Crippen molar-refractivity contribution in [3.8, 4) is 0 Å². The normalized spacial score (nSPS) is 2.00. The third kappa shape index (κ3) is 33.7. The molecule has 2 N–H and O–H groups in total. The zero-order chi connectivity index (χ0) is 4.00. The molecule has 0 aromatic carbocycles. The molecule has 0 aromatic rings. The van der Waals surface area contributed by atoms with Gasteiger partial charge in [0.05, 0.1) is 23.7 Å². The minimum absolute atomic E-state index is 0. The van der Waals surface area contributed by atoms with E-state index in [4.69, 9.17) is 9.32 Å². The van der Waals surface area contributed by atoms with E-state index in [1.807, 2.05) is 0 Å². The van der Waals surface area contributed by atoms with Crippen LogP contribution in [-0.2, 0) is 17.1 Å². The van der Waals surface area contributed by atoms with Gasteiger partial charge in [-0.2, -0.15) is 0 Å². The molecule has 0 spiro atoms. The van der Waals surface area contributed by atoms with Crippen molar-refractivity contribution in [3.63, 3.8) is 0 Å². The van der Waals surface area contributed by atoms with E-state index in [0.29, 0.717) is 0 Å². The fourth-order valence-corrected chi connectivity index (χ4v) is 0. The maximum Gasteiger partial charge on any atom is 2.00 e. The van der Waals surface area contributed by atoms with Crippen molar-refractivity contribution in [2.24, 2.45) is 0 Å². The fraction of sp³-hybridized carbons (Fsp3) is 0. The summed E-state index contributed by atoms with van der Waals surface area (Å²) in [5, 5.41) is 0. The molecule has 0 fully saturated rings. The van der Waals surface area contributed by atoms with Gasteiger partial charge in [-0.25, -0.2) is 0 Å². The van der Waals surface area contributed by atoms with Crippen LogP contribution in [0.4, 0.5) is 0 Å². The van der Waals surface area contributed by atoms with E-state index in [2.05, 4.69) is 23.7 Å². The fourth-order valence-electron chi connectivity index (χ4n) is 0. The molecule has 0 aliphatic rings. The van der Waals surface area contributed by atoms with Gasteiger partial charge >= 0.3 is 37.7 Å². The summed E-state index contributed by atoms with van der Waals surface area (Å²) < 4.78 is 12.9. The monoisotopic (exact) mass is 209 g/mol. The van der Waals surface area contributed by atoms with Crippen LogP contribution in [0.1, 0.15) is 2.85 Å². The molecular weight excluding hydrogens is 207 g/mol. The molecule has 0 amide bonds. The van der Waals surface area contributed by atoms with Gasteiger partial charge in [0.1, 0.15) is 0 Å². The first-order valence-electron chi connectivity index (χ1n) is 0.338. The van der Waals surface area contributed by atoms with Crippen LogP contribution in [0.25, 0.3) is 0 Å². The van der Waals surface area contributed by atoms with Gasteiger partial charge < -0.3 is 2.85 Å². The summed E-state index contributed by atoms with van der Waals surface area (Å²) in [5.74, 6) is 0. The molecule has 0 saturated carbocycles. The number of halogens is 2. The Morgan fingerprint density at radius 2 is 1.00 bits per heavy atom. The van der Waals surface area contributed by atoms with Crippen LogP contribution in [0.2, 0.25) is 0 Å². The maximum absolute atomic E-state index is 6.47. The molecule has 0 bridgehead atoms. The Labute approximate surface area is 89.6 Å². The molecule has 0 aliphatic carbocycles. The Bertz CT molecular complexity index is 18.0. The van der Waals surface area contributed by atoms with Crippen molar-refractivity contribution in [2.45, 2.75) is 0 Å². The van der Waals surface area contributed by atoms with E-state index in [9.17, 15) is 0 Å². The smallest absolute Gasteiger partial charge is 1.00 e. The second kappa shape index (κ2) is 55.2. The predicted octanol–water partition coefficient (Wildman–Crippen LogP) is 0.107. The third-order valence-corrected chi connectivity index (χ3v) is 0. The van der Waals surface area contributed by atoms with E-state index >= 15 is 0 Å². The van der Waals surface area contributed by atoms with Crippen LogP contribution in [0, 0.1) is 0 Å². The van der Waals surface area contributed by atoms with Crippen LogP contribution in [0.15, 0.2) is 0 Å². The zero-order valence-corrected chi connectivity index (χ0v) is 7.32. The van der Waals surface area contributed by atoms with Gasteiger partial charge in [-0.15, -0.1) is 0 Å². The van der Waals surface area contributed by atoms with Crippen LogP contribution in [-0.4, -0.2) is 47.1 Å². The molecule has 6 heteroatoms. The number of hydrogen-bond donors (Lipinski definition) is 2. The van der Waals surface area contributed by atoms with Crippen LogP contribution >= 0.6 is 23.7 Å². The zero-order valence-electron chi connectivity index (χ0n) is 4.66. The van der Waals surface area contributed by atoms with Crippen molar-refractivity contribution in [3.05, 3.63) is 0 Å². The minimum atomic E-state index is 0. The molecule has 0 unspecified atom stereocenters. The topological polar surface area (TPSA) is 40.5 Å². The first-order chi connectivity index (χ1) is 2.00. The van der Waals surface area contributed by atoms with Crippen molar-refractivity contribution < 1.29 is 29.2 Å². The standard InChI is InChI=1S/Ca.2ClHO.Cu.2H/c;2*1-2;;;/h;2*2H;;;/q+2;;;;2*-1. The van der Waals surface area contributed by atoms with Gasteiger partial charge in [0.15, 0.2) is 0 Å². The summed E-state index contributed by atoms with van der Waals surface area (Å²) in [5.41, 5.74) is 0. The predicted molar refractivity (Wildman–Crippen MR) is 24.1 cm³/mol. The van der Waals surface area contributed by atoms with Crippen LogP contribution in [0.3, 0.4) is 0 Å². The van der Waals surface area contributed by atoms with Crippen molar-refractivity contribution in [1.82, 2.24) is 0 Å². The van der Waals surface area contributed by atoms with Gasteiger partial charge in [0.25, 0.3) is 0 Å². The quantitative estimate of drug-likeness (QED) is 0.557. The molecule has 1 radical (unpaired) electrons. The van der Waals surface area contributed by atoms with Crippen molar-refractivity contribution in [1.29, 1.82) is 0 Å². The number of rotatable bonds is 0. The minimum Gasteiger partial charge on any atom is -1.00 e. The largest absolute Gasteiger partial charge is 2.00 e. The second-order valence-electron chi connectivity index (χ2n) is 0. The van der Waals surface area contributed by atoms with E-state index in [-0.39, 0.29) is 57.7 Å². The van der Waals surface area contributed by atoms with Gasteiger partial charge in [-0.3, -0.25) is 9.32 Å². The molecule has 43 valence electrons. The molecule has 0 saturated heterocycles. The Balaban J connectivity index is -0.00000000167. The second-order valence-corrected chi connectivity index (χ2v) is 0. The Morgan fingerprint density at radius 1 is 1.00 bits per heavy atom. The molecule has 0 aliphatic heterocycles. The summed E-state index contributed by atoms with van der Waals surface area (Å²) in [6, 6.07) is 0. The maximum atomic E-state index is 6.47. The molecular formula is H4CaCl2CuO2. The summed E-state index contributed by atoms with van der Waals surface area (Å²) >= 11 is 7.28. The van der Waals surface area contributed by atoms with Crippen LogP contribution in [0.5, 0.6) is 0 Å². The number of hydrogen-bond acceptors (Lipinski definition) is 2.